The third kappa shape index (κ3) is 4.26. The largest absolute Gasteiger partial charge is 0.507 e. The summed E-state index contributed by atoms with van der Waals surface area (Å²) < 4.78 is 21.7. The predicted octanol–water partition coefficient (Wildman–Crippen LogP) is 3.31. The summed E-state index contributed by atoms with van der Waals surface area (Å²) in [6.45, 7) is 0.885. The zero-order chi connectivity index (χ0) is 23.5. The van der Waals surface area contributed by atoms with Gasteiger partial charge >= 0.3 is 0 Å². The van der Waals surface area contributed by atoms with Gasteiger partial charge in [-0.15, -0.1) is 0 Å². The number of aliphatic hydroxyl groups is 1. The van der Waals surface area contributed by atoms with Crippen LogP contribution in [0.5, 0.6) is 17.2 Å². The second kappa shape index (κ2) is 9.54. The number of Topliss-reactive ketones (excluding diaryl/α,β-unsaturated/α-hetero) is 1. The third-order valence-corrected chi connectivity index (χ3v) is 6.06. The second-order valence-electron chi connectivity index (χ2n) is 7.93. The lowest BCUT2D eigenvalue weighted by molar-refractivity contribution is -0.140. The van der Waals surface area contributed by atoms with Crippen LogP contribution in [0.3, 0.4) is 0 Å². The van der Waals surface area contributed by atoms with Crippen LogP contribution in [0, 0.1) is 0 Å². The number of ether oxygens (including phenoxy) is 4. The lowest BCUT2D eigenvalue weighted by Crippen LogP contribution is -2.36. The molecule has 2 aromatic carbocycles. The van der Waals surface area contributed by atoms with E-state index in [0.717, 1.165) is 12.8 Å². The van der Waals surface area contributed by atoms with Crippen molar-refractivity contribution in [3.05, 3.63) is 59.2 Å². The van der Waals surface area contributed by atoms with Crippen LogP contribution in [-0.4, -0.2) is 62.3 Å². The third-order valence-electron chi connectivity index (χ3n) is 6.06. The van der Waals surface area contributed by atoms with Gasteiger partial charge in [0.1, 0.15) is 23.0 Å². The molecule has 8 nitrogen and oxygen atoms in total. The molecular weight excluding hydrogens is 426 g/mol. The van der Waals surface area contributed by atoms with E-state index in [1.807, 2.05) is 0 Å². The minimum atomic E-state index is -0.781. The maximum absolute atomic E-state index is 13.2. The van der Waals surface area contributed by atoms with E-state index in [1.165, 1.54) is 19.1 Å². The van der Waals surface area contributed by atoms with Gasteiger partial charge in [-0.2, -0.15) is 0 Å². The highest BCUT2D eigenvalue weighted by Gasteiger charge is 2.47. The maximum Gasteiger partial charge on any atom is 0.295 e. The summed E-state index contributed by atoms with van der Waals surface area (Å²) in [5.41, 5.74) is 0.941. The Labute approximate surface area is 192 Å². The van der Waals surface area contributed by atoms with Crippen LogP contribution in [0.1, 0.15) is 30.0 Å². The Hall–Kier alpha value is -3.52. The summed E-state index contributed by atoms with van der Waals surface area (Å²) in [6, 6.07) is 11.2. The Bertz CT molecular complexity index is 1070. The standard InChI is InChI=1S/C25H27NO7/c1-30-16-8-6-15(7-9-16)22-21(23(27)19-13-17(31-2)10-11-20(19)32-3)24(28)25(29)26(22)14-18-5-4-12-33-18/h6-11,13,18,22,27H,4-5,12,14H2,1-3H3/b23-21+. The molecule has 0 aromatic heterocycles. The van der Waals surface area contributed by atoms with Crippen LogP contribution < -0.4 is 14.2 Å². The monoisotopic (exact) mass is 453 g/mol. The summed E-state index contributed by atoms with van der Waals surface area (Å²) >= 11 is 0. The first kappa shape index (κ1) is 22.7. The van der Waals surface area contributed by atoms with Gasteiger partial charge in [0.05, 0.1) is 44.6 Å². The molecule has 0 radical (unpaired) electrons. The van der Waals surface area contributed by atoms with Crippen molar-refractivity contribution in [2.24, 2.45) is 0 Å². The molecule has 0 spiro atoms. The van der Waals surface area contributed by atoms with Crippen molar-refractivity contribution < 1.29 is 33.6 Å². The van der Waals surface area contributed by atoms with E-state index < -0.39 is 17.7 Å². The Morgan fingerprint density at radius 1 is 1.03 bits per heavy atom. The van der Waals surface area contributed by atoms with Gasteiger partial charge in [-0.25, -0.2) is 0 Å². The van der Waals surface area contributed by atoms with Crippen LogP contribution in [0.4, 0.5) is 0 Å². The van der Waals surface area contributed by atoms with Gasteiger partial charge in [0, 0.05) is 13.2 Å². The first-order chi connectivity index (χ1) is 16.0. The van der Waals surface area contributed by atoms with E-state index in [0.29, 0.717) is 29.4 Å². The number of nitrogens with zero attached hydrogens (tertiary/aromatic N) is 1. The van der Waals surface area contributed by atoms with Crippen LogP contribution >= 0.6 is 0 Å². The van der Waals surface area contributed by atoms with E-state index in [2.05, 4.69) is 0 Å². The zero-order valence-corrected chi connectivity index (χ0v) is 18.9. The van der Waals surface area contributed by atoms with Crippen molar-refractivity contribution in [2.45, 2.75) is 25.0 Å². The molecule has 2 aliphatic rings. The summed E-state index contributed by atoms with van der Waals surface area (Å²) in [6.07, 6.45) is 1.56. The van der Waals surface area contributed by atoms with Crippen molar-refractivity contribution in [3.63, 3.8) is 0 Å². The normalized spacial score (nSPS) is 22.0. The van der Waals surface area contributed by atoms with Gasteiger partial charge in [-0.05, 0) is 48.7 Å². The molecule has 2 atom stereocenters. The van der Waals surface area contributed by atoms with E-state index in [4.69, 9.17) is 18.9 Å². The number of methoxy groups -OCH3 is 3. The fraction of sp³-hybridized carbons (Fsp3) is 0.360. The van der Waals surface area contributed by atoms with Gasteiger partial charge in [-0.1, -0.05) is 12.1 Å². The average molecular weight is 453 g/mol. The molecule has 2 fully saturated rings. The Balaban J connectivity index is 1.86. The molecule has 4 rings (SSSR count). The molecule has 2 unspecified atom stereocenters. The van der Waals surface area contributed by atoms with Crippen molar-refractivity contribution in [1.29, 1.82) is 0 Å². The summed E-state index contributed by atoms with van der Waals surface area (Å²) in [7, 11) is 4.53. The van der Waals surface area contributed by atoms with E-state index >= 15 is 0 Å². The molecule has 8 heteroatoms. The number of carbonyl (C=O) groups excluding carboxylic acids is 2. The lowest BCUT2D eigenvalue weighted by Gasteiger charge is -2.27. The summed E-state index contributed by atoms with van der Waals surface area (Å²) in [4.78, 5) is 27.8. The van der Waals surface area contributed by atoms with Crippen molar-refractivity contribution in [2.75, 3.05) is 34.5 Å². The van der Waals surface area contributed by atoms with Crippen LogP contribution in [-0.2, 0) is 14.3 Å². The minimum absolute atomic E-state index is 0.00489. The molecule has 0 saturated carbocycles. The molecule has 33 heavy (non-hydrogen) atoms. The number of ketones is 1. The van der Waals surface area contributed by atoms with Crippen LogP contribution in [0.25, 0.3) is 5.76 Å². The van der Waals surface area contributed by atoms with Crippen molar-refractivity contribution in [3.8, 4) is 17.2 Å². The van der Waals surface area contributed by atoms with E-state index in [1.54, 1.807) is 49.6 Å². The molecule has 2 aromatic rings. The van der Waals surface area contributed by atoms with Crippen molar-refractivity contribution >= 4 is 17.4 Å². The highest BCUT2D eigenvalue weighted by Crippen LogP contribution is 2.42. The number of rotatable bonds is 7. The van der Waals surface area contributed by atoms with Gasteiger partial charge in [0.15, 0.2) is 0 Å². The molecular formula is C25H27NO7. The summed E-state index contributed by atoms with van der Waals surface area (Å²) in [5, 5.41) is 11.3. The van der Waals surface area contributed by atoms with E-state index in [-0.39, 0.29) is 29.5 Å². The van der Waals surface area contributed by atoms with Gasteiger partial charge < -0.3 is 29.0 Å². The molecule has 2 aliphatic heterocycles. The maximum atomic E-state index is 13.2. The molecule has 1 N–H and O–H groups in total. The molecule has 174 valence electrons. The SMILES string of the molecule is COc1ccc(C2/C(=C(\O)c3cc(OC)ccc3OC)C(=O)C(=O)N2CC2CCCO2)cc1. The molecule has 2 heterocycles. The number of benzene rings is 2. The average Bonchev–Trinajstić information content (AvgIpc) is 3.45. The number of carbonyl (C=O) groups is 2. The quantitative estimate of drug-likeness (QED) is 0.390. The Morgan fingerprint density at radius 3 is 2.33 bits per heavy atom. The Morgan fingerprint density at radius 2 is 1.73 bits per heavy atom. The van der Waals surface area contributed by atoms with Crippen LogP contribution in [0.2, 0.25) is 0 Å². The molecule has 0 aliphatic carbocycles. The first-order valence-corrected chi connectivity index (χ1v) is 10.7. The number of aliphatic hydroxyl groups excluding tert-OH is 1. The predicted molar refractivity (Wildman–Crippen MR) is 121 cm³/mol. The lowest BCUT2D eigenvalue weighted by atomic mass is 9.94. The smallest absolute Gasteiger partial charge is 0.295 e. The van der Waals surface area contributed by atoms with Gasteiger partial charge in [0.25, 0.3) is 11.7 Å². The number of amides is 1. The molecule has 2 saturated heterocycles. The van der Waals surface area contributed by atoms with Crippen molar-refractivity contribution in [1.82, 2.24) is 4.90 Å². The zero-order valence-electron chi connectivity index (χ0n) is 18.9. The second-order valence-corrected chi connectivity index (χ2v) is 7.93. The van der Waals surface area contributed by atoms with E-state index in [9.17, 15) is 14.7 Å². The molecule has 1 amide bonds. The highest BCUT2D eigenvalue weighted by molar-refractivity contribution is 6.46. The topological polar surface area (TPSA) is 94.5 Å². The first-order valence-electron chi connectivity index (χ1n) is 10.7. The number of hydrogen-bond donors (Lipinski definition) is 1. The van der Waals surface area contributed by atoms with Crippen LogP contribution in [0.15, 0.2) is 48.0 Å². The highest BCUT2D eigenvalue weighted by atomic mass is 16.5. The fourth-order valence-corrected chi connectivity index (χ4v) is 4.35. The van der Waals surface area contributed by atoms with Gasteiger partial charge in [0.2, 0.25) is 0 Å². The Kier molecular flexibility index (Phi) is 6.55. The number of hydrogen-bond acceptors (Lipinski definition) is 7. The number of likely N-dealkylation sites (tertiary alicyclic amines) is 1. The molecule has 0 bridgehead atoms. The fourth-order valence-electron chi connectivity index (χ4n) is 4.35. The summed E-state index contributed by atoms with van der Waals surface area (Å²) in [5.74, 6) is -0.269. The van der Waals surface area contributed by atoms with Gasteiger partial charge in [-0.3, -0.25) is 9.59 Å². The minimum Gasteiger partial charge on any atom is -0.507 e.